The second-order valence-corrected chi connectivity index (χ2v) is 4.93. The van der Waals surface area contributed by atoms with Gasteiger partial charge in [-0.3, -0.25) is 4.79 Å². The van der Waals surface area contributed by atoms with Crippen LogP contribution >= 0.6 is 0 Å². The van der Waals surface area contributed by atoms with Crippen molar-refractivity contribution in [2.24, 2.45) is 5.92 Å². The van der Waals surface area contributed by atoms with Crippen LogP contribution in [0, 0.1) is 5.92 Å². The van der Waals surface area contributed by atoms with Gasteiger partial charge in [-0.15, -0.1) is 0 Å². The van der Waals surface area contributed by atoms with Crippen molar-refractivity contribution in [2.75, 3.05) is 13.1 Å². The number of amides is 1. The molecule has 0 spiro atoms. The van der Waals surface area contributed by atoms with Crippen LogP contribution in [0.15, 0.2) is 18.3 Å². The highest BCUT2D eigenvalue weighted by molar-refractivity contribution is 5.80. The minimum absolute atomic E-state index is 0.228. The molecule has 1 aliphatic carbocycles. The number of aryl methyl sites for hydroxylation is 1. The first kappa shape index (κ1) is 13.1. The molecule has 1 aromatic rings. The fraction of sp³-hybridized carbons (Fsp3) is 0.643. The molecule has 4 nitrogen and oxygen atoms in total. The maximum absolute atomic E-state index is 11.4. The van der Waals surface area contributed by atoms with Crippen LogP contribution in [0.5, 0.6) is 0 Å². The smallest absolute Gasteiger partial charge is 0.223 e. The average molecular weight is 249 g/mol. The van der Waals surface area contributed by atoms with Crippen LogP contribution in [0.1, 0.15) is 31.9 Å². The molecule has 1 heterocycles. The Bertz CT molecular complexity index is 382. The molecule has 0 saturated heterocycles. The number of hydrogen-bond donors (Lipinski definition) is 2. The molecular formula is C14H23N3O. The topological polar surface area (TPSA) is 46.1 Å². The number of carbonyl (C=O) groups excluding carboxylic acids is 1. The first-order chi connectivity index (χ1) is 8.81. The summed E-state index contributed by atoms with van der Waals surface area (Å²) < 4.78 is 2.27. The zero-order valence-electron chi connectivity index (χ0n) is 11.1. The fourth-order valence-electron chi connectivity index (χ4n) is 2.05. The van der Waals surface area contributed by atoms with Crippen LogP contribution in [-0.2, 0) is 17.9 Å². The molecule has 1 fully saturated rings. The highest BCUT2D eigenvalue weighted by Crippen LogP contribution is 2.28. The zero-order chi connectivity index (χ0) is 12.8. The largest absolute Gasteiger partial charge is 0.355 e. The van der Waals surface area contributed by atoms with E-state index in [0.717, 1.165) is 45.4 Å². The molecule has 18 heavy (non-hydrogen) atoms. The minimum Gasteiger partial charge on any atom is -0.355 e. The van der Waals surface area contributed by atoms with Gasteiger partial charge in [-0.1, -0.05) is 6.92 Å². The lowest BCUT2D eigenvalue weighted by Crippen LogP contribution is -2.32. The Morgan fingerprint density at radius 1 is 1.44 bits per heavy atom. The lowest BCUT2D eigenvalue weighted by molar-refractivity contribution is -0.122. The summed E-state index contributed by atoms with van der Waals surface area (Å²) in [5, 5.41) is 6.32. The van der Waals surface area contributed by atoms with E-state index in [1.54, 1.807) is 0 Å². The van der Waals surface area contributed by atoms with Crippen molar-refractivity contribution in [1.82, 2.24) is 15.2 Å². The van der Waals surface area contributed by atoms with E-state index in [9.17, 15) is 4.79 Å². The number of rotatable bonds is 8. The molecule has 2 rings (SSSR count). The number of hydrogen-bond acceptors (Lipinski definition) is 2. The molecule has 0 bridgehead atoms. The molecule has 1 aliphatic rings. The third-order valence-corrected chi connectivity index (χ3v) is 3.24. The standard InChI is InChI=1S/C14H23N3O/c1-2-9-17-10-3-4-13(17)11-15-7-8-16-14(18)12-5-6-12/h3-4,10,12,15H,2,5-9,11H2,1H3,(H,16,18). The third-order valence-electron chi connectivity index (χ3n) is 3.24. The van der Waals surface area contributed by atoms with Gasteiger partial charge in [0.25, 0.3) is 0 Å². The van der Waals surface area contributed by atoms with E-state index < -0.39 is 0 Å². The highest BCUT2D eigenvalue weighted by Gasteiger charge is 2.28. The minimum atomic E-state index is 0.228. The Labute approximate surface area is 109 Å². The predicted octanol–water partition coefficient (Wildman–Crippen LogP) is 1.51. The highest BCUT2D eigenvalue weighted by atomic mass is 16.2. The predicted molar refractivity (Wildman–Crippen MR) is 72.2 cm³/mol. The van der Waals surface area contributed by atoms with Crippen molar-refractivity contribution in [1.29, 1.82) is 0 Å². The summed E-state index contributed by atoms with van der Waals surface area (Å²) in [6.45, 7) is 5.68. The molecule has 4 heteroatoms. The number of nitrogens with zero attached hydrogens (tertiary/aromatic N) is 1. The molecule has 1 aromatic heterocycles. The van der Waals surface area contributed by atoms with Crippen molar-refractivity contribution in [2.45, 2.75) is 39.3 Å². The normalized spacial score (nSPS) is 14.7. The van der Waals surface area contributed by atoms with Crippen molar-refractivity contribution in [3.8, 4) is 0 Å². The summed E-state index contributed by atoms with van der Waals surface area (Å²) in [5.74, 6) is 0.540. The summed E-state index contributed by atoms with van der Waals surface area (Å²) in [5.41, 5.74) is 1.31. The summed E-state index contributed by atoms with van der Waals surface area (Å²) in [7, 11) is 0. The molecule has 0 unspecified atom stereocenters. The van der Waals surface area contributed by atoms with Crippen LogP contribution in [-0.4, -0.2) is 23.6 Å². The molecular weight excluding hydrogens is 226 g/mol. The van der Waals surface area contributed by atoms with Crippen LogP contribution in [0.2, 0.25) is 0 Å². The quantitative estimate of drug-likeness (QED) is 0.686. The molecule has 1 saturated carbocycles. The van der Waals surface area contributed by atoms with Gasteiger partial charge in [-0.05, 0) is 31.4 Å². The second-order valence-electron chi connectivity index (χ2n) is 4.93. The first-order valence-electron chi connectivity index (χ1n) is 6.93. The van der Waals surface area contributed by atoms with Crippen molar-refractivity contribution in [3.63, 3.8) is 0 Å². The Morgan fingerprint density at radius 3 is 3.00 bits per heavy atom. The van der Waals surface area contributed by atoms with Crippen molar-refractivity contribution < 1.29 is 4.79 Å². The van der Waals surface area contributed by atoms with Crippen LogP contribution in [0.3, 0.4) is 0 Å². The van der Waals surface area contributed by atoms with Crippen molar-refractivity contribution >= 4 is 5.91 Å². The summed E-state index contributed by atoms with van der Waals surface area (Å²) >= 11 is 0. The van der Waals surface area contributed by atoms with Gasteiger partial charge in [-0.25, -0.2) is 0 Å². The molecule has 2 N–H and O–H groups in total. The third kappa shape index (κ3) is 3.88. The van der Waals surface area contributed by atoms with E-state index in [2.05, 4.69) is 40.5 Å². The van der Waals surface area contributed by atoms with Crippen molar-refractivity contribution in [3.05, 3.63) is 24.0 Å². The Morgan fingerprint density at radius 2 is 2.28 bits per heavy atom. The van der Waals surface area contributed by atoms with Gasteiger partial charge in [0.1, 0.15) is 0 Å². The SMILES string of the molecule is CCCn1cccc1CNCCNC(=O)C1CC1. The monoisotopic (exact) mass is 249 g/mol. The Hall–Kier alpha value is -1.29. The van der Waals surface area contributed by atoms with Gasteiger partial charge in [0.15, 0.2) is 0 Å². The maximum atomic E-state index is 11.4. The van der Waals surface area contributed by atoms with Gasteiger partial charge >= 0.3 is 0 Å². The molecule has 0 atom stereocenters. The fourth-order valence-corrected chi connectivity index (χ4v) is 2.05. The van der Waals surface area contributed by atoms with Gasteiger partial charge < -0.3 is 15.2 Å². The van der Waals surface area contributed by atoms with E-state index in [4.69, 9.17) is 0 Å². The van der Waals surface area contributed by atoms with Gasteiger partial charge in [0.2, 0.25) is 5.91 Å². The van der Waals surface area contributed by atoms with Gasteiger partial charge in [0.05, 0.1) is 0 Å². The molecule has 0 radical (unpaired) electrons. The molecule has 0 aliphatic heterocycles. The zero-order valence-corrected chi connectivity index (χ0v) is 11.1. The van der Waals surface area contributed by atoms with E-state index in [0.29, 0.717) is 5.92 Å². The van der Waals surface area contributed by atoms with Crippen LogP contribution in [0.4, 0.5) is 0 Å². The first-order valence-corrected chi connectivity index (χ1v) is 6.93. The van der Waals surface area contributed by atoms with Crippen LogP contribution < -0.4 is 10.6 Å². The van der Waals surface area contributed by atoms with E-state index in [-0.39, 0.29) is 5.91 Å². The lowest BCUT2D eigenvalue weighted by Gasteiger charge is -2.09. The average Bonchev–Trinajstić information content (AvgIpc) is 3.13. The lowest BCUT2D eigenvalue weighted by atomic mass is 10.4. The summed E-state index contributed by atoms with van der Waals surface area (Å²) in [6.07, 6.45) is 5.42. The second kappa shape index (κ2) is 6.59. The van der Waals surface area contributed by atoms with Gasteiger partial charge in [0, 0.05) is 44.0 Å². The Kier molecular flexibility index (Phi) is 4.81. The molecule has 0 aromatic carbocycles. The molecule has 1 amide bonds. The number of nitrogens with one attached hydrogen (secondary N) is 2. The summed E-state index contributed by atoms with van der Waals surface area (Å²) in [4.78, 5) is 11.4. The van der Waals surface area contributed by atoms with E-state index >= 15 is 0 Å². The number of carbonyl (C=O) groups is 1. The molecule has 100 valence electrons. The summed E-state index contributed by atoms with van der Waals surface area (Å²) in [6, 6.07) is 4.23. The number of aromatic nitrogens is 1. The van der Waals surface area contributed by atoms with E-state index in [1.165, 1.54) is 5.69 Å². The maximum Gasteiger partial charge on any atom is 0.223 e. The van der Waals surface area contributed by atoms with Crippen LogP contribution in [0.25, 0.3) is 0 Å². The van der Waals surface area contributed by atoms with E-state index in [1.807, 2.05) is 0 Å². The van der Waals surface area contributed by atoms with Gasteiger partial charge in [-0.2, -0.15) is 0 Å². The Balaban J connectivity index is 1.59.